The zero-order chi connectivity index (χ0) is 20.5. The second kappa shape index (κ2) is 7.66. The van der Waals surface area contributed by atoms with Gasteiger partial charge in [0, 0.05) is 42.3 Å². The van der Waals surface area contributed by atoms with Crippen LogP contribution in [0.15, 0.2) is 47.9 Å². The minimum absolute atomic E-state index is 0.332. The van der Waals surface area contributed by atoms with E-state index in [0.717, 1.165) is 59.1 Å². The van der Waals surface area contributed by atoms with Crippen molar-refractivity contribution in [1.29, 1.82) is 0 Å². The highest BCUT2D eigenvalue weighted by molar-refractivity contribution is 5.83. The minimum atomic E-state index is 0.332. The van der Waals surface area contributed by atoms with Crippen LogP contribution in [0.1, 0.15) is 32.9 Å². The molecule has 0 amide bonds. The topological polar surface area (TPSA) is 70.7 Å². The summed E-state index contributed by atoms with van der Waals surface area (Å²) in [7, 11) is 0. The van der Waals surface area contributed by atoms with Crippen LogP contribution in [0.4, 0.5) is 11.6 Å². The van der Waals surface area contributed by atoms with Crippen LogP contribution >= 0.6 is 0 Å². The predicted molar refractivity (Wildman–Crippen MR) is 118 cm³/mol. The summed E-state index contributed by atoms with van der Waals surface area (Å²) in [6.45, 7) is 14.0. The Labute approximate surface area is 171 Å². The number of fused-ring (bicyclic) bond motifs is 1. The molecule has 7 nitrogen and oxygen atoms in total. The lowest BCUT2D eigenvalue weighted by atomic mass is 10.1. The van der Waals surface area contributed by atoms with Crippen molar-refractivity contribution in [2.75, 3.05) is 18.4 Å². The molecule has 0 aromatic carbocycles. The molecule has 0 bridgehead atoms. The second-order valence-corrected chi connectivity index (χ2v) is 7.81. The fourth-order valence-electron chi connectivity index (χ4n) is 3.65. The zero-order valence-corrected chi connectivity index (χ0v) is 17.5. The zero-order valence-electron chi connectivity index (χ0n) is 17.5. The molecule has 0 radical (unpaired) electrons. The third kappa shape index (κ3) is 3.99. The number of nitrogens with zero attached hydrogens (tertiary/aromatic N) is 6. The van der Waals surface area contributed by atoms with E-state index in [1.165, 1.54) is 0 Å². The third-order valence-electron chi connectivity index (χ3n) is 5.16. The van der Waals surface area contributed by atoms with Gasteiger partial charge in [-0.05, 0) is 52.3 Å². The van der Waals surface area contributed by atoms with E-state index in [1.807, 2.05) is 62.8 Å². The van der Waals surface area contributed by atoms with E-state index in [9.17, 15) is 0 Å². The van der Waals surface area contributed by atoms with E-state index in [-0.39, 0.29) is 0 Å². The SMILES string of the molecule is C=C(C)N1CCC(Nc2ncc3c(-c4ccc(N=C(C)C)c(C)n4)ccn3n2)C1. The van der Waals surface area contributed by atoms with Crippen molar-refractivity contribution < 1.29 is 0 Å². The first kappa shape index (κ1) is 19.1. The number of pyridine rings is 1. The Morgan fingerprint density at radius 3 is 2.76 bits per heavy atom. The number of rotatable bonds is 5. The molecule has 3 aromatic rings. The molecule has 150 valence electrons. The van der Waals surface area contributed by atoms with Crippen LogP contribution < -0.4 is 5.32 Å². The maximum Gasteiger partial charge on any atom is 0.241 e. The second-order valence-electron chi connectivity index (χ2n) is 7.81. The Balaban J connectivity index is 1.57. The van der Waals surface area contributed by atoms with Gasteiger partial charge in [-0.1, -0.05) is 6.58 Å². The van der Waals surface area contributed by atoms with Gasteiger partial charge in [-0.15, -0.1) is 5.10 Å². The maximum atomic E-state index is 4.74. The molecule has 0 spiro atoms. The summed E-state index contributed by atoms with van der Waals surface area (Å²) in [5.41, 5.74) is 6.77. The van der Waals surface area contributed by atoms with E-state index in [4.69, 9.17) is 4.98 Å². The number of allylic oxidation sites excluding steroid dienone is 1. The Morgan fingerprint density at radius 1 is 1.24 bits per heavy atom. The van der Waals surface area contributed by atoms with Gasteiger partial charge in [0.15, 0.2) is 0 Å². The first-order valence-corrected chi connectivity index (χ1v) is 9.92. The fraction of sp³-hybridized carbons (Fsp3) is 0.364. The largest absolute Gasteiger partial charge is 0.373 e. The number of nitrogens with one attached hydrogen (secondary N) is 1. The highest BCUT2D eigenvalue weighted by atomic mass is 15.3. The lowest BCUT2D eigenvalue weighted by Crippen LogP contribution is -2.26. The summed E-state index contributed by atoms with van der Waals surface area (Å²) in [6, 6.07) is 6.38. The predicted octanol–water partition coefficient (Wildman–Crippen LogP) is 4.23. The van der Waals surface area contributed by atoms with Crippen molar-refractivity contribution in [1.82, 2.24) is 24.5 Å². The van der Waals surface area contributed by atoms with Crippen LogP contribution in [0.3, 0.4) is 0 Å². The molecule has 7 heteroatoms. The van der Waals surface area contributed by atoms with Crippen LogP contribution in [0, 0.1) is 6.92 Å². The number of hydrogen-bond donors (Lipinski definition) is 1. The Kier molecular flexibility index (Phi) is 5.05. The standard InChI is InChI=1S/C22H27N7/c1-14(2)24-19-6-7-20(25-16(19)5)18-9-11-29-21(18)12-23-22(27-29)26-17-8-10-28(13-17)15(3)4/h6-7,9,11-12,17H,3,8,10,13H2,1-2,4-5H3,(H,26,27). The van der Waals surface area contributed by atoms with Crippen LogP contribution in [0.2, 0.25) is 0 Å². The number of aryl methyl sites for hydroxylation is 1. The minimum Gasteiger partial charge on any atom is -0.373 e. The smallest absolute Gasteiger partial charge is 0.241 e. The van der Waals surface area contributed by atoms with Gasteiger partial charge in [-0.25, -0.2) is 9.50 Å². The summed E-state index contributed by atoms with van der Waals surface area (Å²) in [5.74, 6) is 0.639. The van der Waals surface area contributed by atoms with Gasteiger partial charge in [0.1, 0.15) is 0 Å². The van der Waals surface area contributed by atoms with Crippen molar-refractivity contribution in [3.05, 3.63) is 48.6 Å². The molecule has 0 saturated carbocycles. The first-order valence-electron chi connectivity index (χ1n) is 9.92. The number of likely N-dealkylation sites (tertiary alicyclic amines) is 1. The van der Waals surface area contributed by atoms with Crippen molar-refractivity contribution in [2.45, 2.75) is 40.2 Å². The summed E-state index contributed by atoms with van der Waals surface area (Å²) in [6.07, 6.45) is 4.86. The summed E-state index contributed by atoms with van der Waals surface area (Å²) in [5, 5.41) is 8.08. The van der Waals surface area contributed by atoms with Crippen molar-refractivity contribution in [3.8, 4) is 11.3 Å². The monoisotopic (exact) mass is 389 g/mol. The van der Waals surface area contributed by atoms with Gasteiger partial charge < -0.3 is 10.2 Å². The van der Waals surface area contributed by atoms with E-state index < -0.39 is 0 Å². The van der Waals surface area contributed by atoms with E-state index in [1.54, 1.807) is 0 Å². The van der Waals surface area contributed by atoms with Crippen molar-refractivity contribution in [2.24, 2.45) is 4.99 Å². The van der Waals surface area contributed by atoms with Crippen LogP contribution in [-0.4, -0.2) is 49.3 Å². The Morgan fingerprint density at radius 2 is 2.07 bits per heavy atom. The van der Waals surface area contributed by atoms with Crippen molar-refractivity contribution in [3.63, 3.8) is 0 Å². The summed E-state index contributed by atoms with van der Waals surface area (Å²) < 4.78 is 1.86. The Bertz CT molecular complexity index is 1090. The lowest BCUT2D eigenvalue weighted by Gasteiger charge is -2.18. The highest BCUT2D eigenvalue weighted by Gasteiger charge is 2.22. The first-order chi connectivity index (χ1) is 13.9. The number of aromatic nitrogens is 4. The molecule has 3 aromatic heterocycles. The van der Waals surface area contributed by atoms with Gasteiger partial charge in [0.05, 0.1) is 28.8 Å². The van der Waals surface area contributed by atoms with Crippen LogP contribution in [0.25, 0.3) is 16.8 Å². The van der Waals surface area contributed by atoms with E-state index in [2.05, 4.69) is 31.9 Å². The number of hydrogen-bond acceptors (Lipinski definition) is 6. The molecule has 1 aliphatic rings. The van der Waals surface area contributed by atoms with Gasteiger partial charge in [-0.3, -0.25) is 9.98 Å². The molecular formula is C22H27N7. The highest BCUT2D eigenvalue weighted by Crippen LogP contribution is 2.27. The molecule has 4 rings (SSSR count). The van der Waals surface area contributed by atoms with Gasteiger partial charge in [0.2, 0.25) is 5.95 Å². The quantitative estimate of drug-likeness (QED) is 0.661. The van der Waals surface area contributed by atoms with Crippen molar-refractivity contribution >= 4 is 22.9 Å². The number of anilines is 1. The summed E-state index contributed by atoms with van der Waals surface area (Å²) >= 11 is 0. The van der Waals surface area contributed by atoms with Crippen LogP contribution in [0.5, 0.6) is 0 Å². The molecule has 1 fully saturated rings. The number of aliphatic imine (C=N–C) groups is 1. The molecule has 4 heterocycles. The molecule has 1 aliphatic heterocycles. The lowest BCUT2D eigenvalue weighted by molar-refractivity contribution is 0.425. The summed E-state index contributed by atoms with van der Waals surface area (Å²) in [4.78, 5) is 16.1. The molecular weight excluding hydrogens is 362 g/mol. The Hall–Kier alpha value is -3.22. The van der Waals surface area contributed by atoms with Gasteiger partial charge >= 0.3 is 0 Å². The molecule has 1 atom stereocenters. The third-order valence-corrected chi connectivity index (χ3v) is 5.16. The van der Waals surface area contributed by atoms with Crippen LogP contribution in [-0.2, 0) is 0 Å². The maximum absolute atomic E-state index is 4.74. The molecule has 0 aliphatic carbocycles. The van der Waals surface area contributed by atoms with Gasteiger partial charge in [0.25, 0.3) is 0 Å². The molecule has 1 N–H and O–H groups in total. The average molecular weight is 390 g/mol. The van der Waals surface area contributed by atoms with Gasteiger partial charge in [-0.2, -0.15) is 0 Å². The average Bonchev–Trinajstić information content (AvgIpc) is 3.30. The van der Waals surface area contributed by atoms with E-state index in [0.29, 0.717) is 12.0 Å². The fourth-order valence-corrected chi connectivity index (χ4v) is 3.65. The molecule has 29 heavy (non-hydrogen) atoms. The van der Waals surface area contributed by atoms with E-state index >= 15 is 0 Å². The molecule has 1 unspecified atom stereocenters. The molecule has 1 saturated heterocycles. The normalized spacial score (nSPS) is 16.3.